The van der Waals surface area contributed by atoms with E-state index in [1.54, 1.807) is 0 Å². The number of unbranched alkanes of at least 4 members (excludes halogenated alkanes) is 27. The van der Waals surface area contributed by atoms with Gasteiger partial charge in [0.05, 0.1) is 0 Å². The number of rotatable bonds is 38. The molecule has 0 aliphatic rings. The molecule has 0 bridgehead atoms. The topological polar surface area (TPSA) is 63.6 Å². The zero-order valence-corrected chi connectivity index (χ0v) is 31.2. The van der Waals surface area contributed by atoms with E-state index >= 15 is 0 Å². The van der Waals surface area contributed by atoms with Crippen LogP contribution < -0.4 is 0 Å². The molecule has 0 aromatic carbocycles. The molecule has 0 aliphatic carbocycles. The van der Waals surface area contributed by atoms with Crippen molar-refractivity contribution in [2.45, 2.75) is 245 Å². The van der Waals surface area contributed by atoms with E-state index in [0.717, 1.165) is 64.2 Å². The quantitative estimate of drug-likeness (QED) is 0.0411. The van der Waals surface area contributed by atoms with Crippen LogP contribution in [0.15, 0.2) is 12.2 Å². The number of aliphatic carboxylic acids is 1. The molecule has 1 unspecified atom stereocenters. The Morgan fingerprint density at radius 2 is 0.783 bits per heavy atom. The molecule has 4 heteroatoms. The van der Waals surface area contributed by atoms with Crippen molar-refractivity contribution in [3.05, 3.63) is 12.2 Å². The summed E-state index contributed by atoms with van der Waals surface area (Å²) in [6.07, 6.45) is 46.7. The molecule has 0 heterocycles. The van der Waals surface area contributed by atoms with Crippen LogP contribution in [0.1, 0.15) is 239 Å². The van der Waals surface area contributed by atoms with E-state index in [0.29, 0.717) is 6.42 Å². The first-order chi connectivity index (χ1) is 22.6. The van der Waals surface area contributed by atoms with Gasteiger partial charge in [-0.1, -0.05) is 174 Å². The van der Waals surface area contributed by atoms with E-state index < -0.39 is 5.97 Å². The molecule has 0 rings (SSSR count). The molecule has 46 heavy (non-hydrogen) atoms. The lowest BCUT2D eigenvalue weighted by Gasteiger charge is -2.18. The highest BCUT2D eigenvalue weighted by atomic mass is 16.5. The van der Waals surface area contributed by atoms with Crippen molar-refractivity contribution in [1.82, 2.24) is 0 Å². The summed E-state index contributed by atoms with van der Waals surface area (Å²) < 4.78 is 5.98. The van der Waals surface area contributed by atoms with Gasteiger partial charge in [-0.15, -0.1) is 0 Å². The SMILES string of the molecule is CCCCCCCC/C=C\CCCCCCCCCCCCCC(=O)OC(CCCCCCCCC)CCCCCCCC(=O)O. The molecule has 0 spiro atoms. The lowest BCUT2D eigenvalue weighted by atomic mass is 10.0. The number of carbonyl (C=O) groups excluding carboxylic acids is 1. The number of hydrogen-bond acceptors (Lipinski definition) is 3. The van der Waals surface area contributed by atoms with Crippen LogP contribution in [0.3, 0.4) is 0 Å². The minimum absolute atomic E-state index is 0.00250. The van der Waals surface area contributed by atoms with Crippen molar-refractivity contribution in [3.8, 4) is 0 Å². The Kier molecular flexibility index (Phi) is 37.0. The molecule has 0 aromatic heterocycles. The van der Waals surface area contributed by atoms with Gasteiger partial charge in [0.2, 0.25) is 0 Å². The molecular weight excluding hydrogens is 568 g/mol. The highest BCUT2D eigenvalue weighted by Gasteiger charge is 2.14. The van der Waals surface area contributed by atoms with Gasteiger partial charge in [-0.05, 0) is 64.2 Å². The fraction of sp³-hybridized carbons (Fsp3) is 0.905. The van der Waals surface area contributed by atoms with Crippen LogP contribution >= 0.6 is 0 Å². The van der Waals surface area contributed by atoms with Crippen molar-refractivity contribution < 1.29 is 19.4 Å². The Morgan fingerprint density at radius 1 is 0.457 bits per heavy atom. The maximum absolute atomic E-state index is 12.6. The van der Waals surface area contributed by atoms with Crippen molar-refractivity contribution in [2.75, 3.05) is 0 Å². The molecule has 0 saturated heterocycles. The lowest BCUT2D eigenvalue weighted by molar-refractivity contribution is -0.150. The first kappa shape index (κ1) is 44.7. The normalized spacial score (nSPS) is 12.2. The minimum atomic E-state index is -0.699. The van der Waals surface area contributed by atoms with E-state index in [-0.39, 0.29) is 18.5 Å². The molecule has 0 fully saturated rings. The Hall–Kier alpha value is -1.32. The van der Waals surface area contributed by atoms with Crippen LogP contribution in [-0.4, -0.2) is 23.1 Å². The smallest absolute Gasteiger partial charge is 0.306 e. The third-order valence-corrected chi connectivity index (χ3v) is 9.49. The maximum atomic E-state index is 12.6. The molecule has 0 radical (unpaired) electrons. The average molecular weight is 649 g/mol. The van der Waals surface area contributed by atoms with Crippen molar-refractivity contribution in [1.29, 1.82) is 0 Å². The molecule has 0 aromatic rings. The summed E-state index contributed by atoms with van der Waals surface area (Å²) in [5.41, 5.74) is 0. The fourth-order valence-electron chi connectivity index (χ4n) is 6.42. The number of carboxylic acids is 1. The standard InChI is InChI=1S/C42H80O4/c1-3-5-7-9-11-12-13-14-15-16-17-18-19-20-21-22-23-24-26-31-35-39-42(45)46-40(36-32-28-25-10-8-6-4-2)37-33-29-27-30-34-38-41(43)44/h14-15,40H,3-13,16-39H2,1-2H3,(H,43,44)/b15-14-. The van der Waals surface area contributed by atoms with Crippen LogP contribution in [0.4, 0.5) is 0 Å². The van der Waals surface area contributed by atoms with Crippen molar-refractivity contribution >= 4 is 11.9 Å². The van der Waals surface area contributed by atoms with Crippen LogP contribution in [-0.2, 0) is 14.3 Å². The van der Waals surface area contributed by atoms with E-state index in [2.05, 4.69) is 26.0 Å². The number of carboxylic acid groups (broad SMARTS) is 1. The van der Waals surface area contributed by atoms with E-state index in [1.807, 2.05) is 0 Å². The molecule has 0 aliphatic heterocycles. The highest BCUT2D eigenvalue weighted by Crippen LogP contribution is 2.19. The molecule has 0 amide bonds. The van der Waals surface area contributed by atoms with Gasteiger partial charge in [-0.3, -0.25) is 9.59 Å². The number of allylic oxidation sites excluding steroid dienone is 2. The lowest BCUT2D eigenvalue weighted by Crippen LogP contribution is -2.18. The van der Waals surface area contributed by atoms with Crippen molar-refractivity contribution in [3.63, 3.8) is 0 Å². The number of ether oxygens (including phenoxy) is 1. The van der Waals surface area contributed by atoms with Gasteiger partial charge < -0.3 is 9.84 Å². The van der Waals surface area contributed by atoms with Gasteiger partial charge in [-0.25, -0.2) is 0 Å². The number of carbonyl (C=O) groups is 2. The largest absolute Gasteiger partial charge is 0.481 e. The summed E-state index contributed by atoms with van der Waals surface area (Å²) >= 11 is 0. The van der Waals surface area contributed by atoms with Gasteiger partial charge in [0, 0.05) is 12.8 Å². The third-order valence-electron chi connectivity index (χ3n) is 9.49. The number of esters is 1. The van der Waals surface area contributed by atoms with Crippen LogP contribution in [0, 0.1) is 0 Å². The Labute approximate surface area is 287 Å². The van der Waals surface area contributed by atoms with Crippen LogP contribution in [0.25, 0.3) is 0 Å². The molecule has 4 nitrogen and oxygen atoms in total. The first-order valence-electron chi connectivity index (χ1n) is 20.7. The second kappa shape index (κ2) is 38.1. The second-order valence-electron chi connectivity index (χ2n) is 14.2. The van der Waals surface area contributed by atoms with E-state index in [4.69, 9.17) is 9.84 Å². The van der Waals surface area contributed by atoms with Gasteiger partial charge in [-0.2, -0.15) is 0 Å². The Morgan fingerprint density at radius 3 is 1.17 bits per heavy atom. The zero-order chi connectivity index (χ0) is 33.6. The van der Waals surface area contributed by atoms with E-state index in [9.17, 15) is 9.59 Å². The summed E-state index contributed by atoms with van der Waals surface area (Å²) in [5, 5.41) is 8.80. The molecule has 0 saturated carbocycles. The summed E-state index contributed by atoms with van der Waals surface area (Å²) in [6.45, 7) is 4.54. The third kappa shape index (κ3) is 37.1. The number of hydrogen-bond donors (Lipinski definition) is 1. The molecular formula is C42H80O4. The van der Waals surface area contributed by atoms with E-state index in [1.165, 1.54) is 148 Å². The van der Waals surface area contributed by atoms with Gasteiger partial charge in [0.1, 0.15) is 6.10 Å². The minimum Gasteiger partial charge on any atom is -0.481 e. The van der Waals surface area contributed by atoms with Crippen LogP contribution in [0.2, 0.25) is 0 Å². The zero-order valence-electron chi connectivity index (χ0n) is 31.2. The second-order valence-corrected chi connectivity index (χ2v) is 14.2. The van der Waals surface area contributed by atoms with Gasteiger partial charge in [0.15, 0.2) is 0 Å². The maximum Gasteiger partial charge on any atom is 0.306 e. The molecule has 1 atom stereocenters. The first-order valence-corrected chi connectivity index (χ1v) is 20.7. The fourth-order valence-corrected chi connectivity index (χ4v) is 6.42. The van der Waals surface area contributed by atoms with Gasteiger partial charge in [0.25, 0.3) is 0 Å². The average Bonchev–Trinajstić information content (AvgIpc) is 3.04. The predicted octanol–water partition coefficient (Wildman–Crippen LogP) is 14.2. The van der Waals surface area contributed by atoms with Gasteiger partial charge >= 0.3 is 11.9 Å². The highest BCUT2D eigenvalue weighted by molar-refractivity contribution is 5.69. The Balaban J connectivity index is 3.78. The Bertz CT molecular complexity index is 658. The summed E-state index contributed by atoms with van der Waals surface area (Å²) in [7, 11) is 0. The molecule has 272 valence electrons. The predicted molar refractivity (Wildman–Crippen MR) is 200 cm³/mol. The van der Waals surface area contributed by atoms with Crippen molar-refractivity contribution in [2.24, 2.45) is 0 Å². The van der Waals surface area contributed by atoms with Crippen LogP contribution in [0.5, 0.6) is 0 Å². The summed E-state index contributed by atoms with van der Waals surface area (Å²) in [4.78, 5) is 23.3. The summed E-state index contributed by atoms with van der Waals surface area (Å²) in [5.74, 6) is -0.696. The molecule has 1 N–H and O–H groups in total. The summed E-state index contributed by atoms with van der Waals surface area (Å²) in [6, 6.07) is 0. The monoisotopic (exact) mass is 649 g/mol.